The summed E-state index contributed by atoms with van der Waals surface area (Å²) in [6.45, 7) is 9.14. The van der Waals surface area contributed by atoms with E-state index in [-0.39, 0.29) is 11.9 Å². The van der Waals surface area contributed by atoms with Crippen molar-refractivity contribution >= 4 is 16.9 Å². The van der Waals surface area contributed by atoms with Crippen molar-refractivity contribution in [1.29, 1.82) is 0 Å². The first-order chi connectivity index (χ1) is 11.1. The third-order valence-electron chi connectivity index (χ3n) is 4.34. The molecule has 1 aliphatic rings. The van der Waals surface area contributed by atoms with Gasteiger partial charge in [-0.1, -0.05) is 0 Å². The van der Waals surface area contributed by atoms with E-state index in [0.29, 0.717) is 18.0 Å². The number of hydrogen-bond acceptors (Lipinski definition) is 4. The van der Waals surface area contributed by atoms with Gasteiger partial charge in [-0.3, -0.25) is 4.79 Å². The third kappa shape index (κ3) is 3.22. The summed E-state index contributed by atoms with van der Waals surface area (Å²) in [4.78, 5) is 19.1. The summed E-state index contributed by atoms with van der Waals surface area (Å²) in [7, 11) is 0. The molecule has 0 spiro atoms. The predicted molar refractivity (Wildman–Crippen MR) is 88.4 cm³/mol. The van der Waals surface area contributed by atoms with E-state index < -0.39 is 0 Å². The first kappa shape index (κ1) is 15.9. The van der Waals surface area contributed by atoms with Crippen molar-refractivity contribution in [3.05, 3.63) is 24.0 Å². The van der Waals surface area contributed by atoms with E-state index in [0.717, 1.165) is 37.2 Å². The highest BCUT2D eigenvalue weighted by Gasteiger charge is 2.23. The Bertz CT molecular complexity index is 689. The van der Waals surface area contributed by atoms with E-state index in [1.165, 1.54) is 0 Å². The molecule has 1 atom stereocenters. The van der Waals surface area contributed by atoms with Gasteiger partial charge >= 0.3 is 0 Å². The molecule has 3 rings (SSSR count). The maximum atomic E-state index is 12.8. The molecule has 0 saturated carbocycles. The molecule has 124 valence electrons. The Kier molecular flexibility index (Phi) is 4.61. The number of ether oxygens (including phenoxy) is 1. The Morgan fingerprint density at radius 2 is 2.30 bits per heavy atom. The maximum Gasteiger partial charge on any atom is 0.255 e. The molecule has 0 aromatic carbocycles. The van der Waals surface area contributed by atoms with Crippen molar-refractivity contribution in [1.82, 2.24) is 19.7 Å². The second-order valence-corrected chi connectivity index (χ2v) is 6.39. The topological polar surface area (TPSA) is 60.2 Å². The normalized spacial score (nSPS) is 18.0. The molecular formula is C17H24N4O2. The SMILES string of the molecule is CCN(CC1CCOC1)C(=O)c1cnc2c(cnn2C(C)C)c1. The van der Waals surface area contributed by atoms with Gasteiger partial charge in [-0.25, -0.2) is 9.67 Å². The molecule has 3 heterocycles. The summed E-state index contributed by atoms with van der Waals surface area (Å²) in [5.74, 6) is 0.477. The molecule has 0 aliphatic carbocycles. The third-order valence-corrected chi connectivity index (χ3v) is 4.34. The molecule has 1 unspecified atom stereocenters. The smallest absolute Gasteiger partial charge is 0.255 e. The predicted octanol–water partition coefficient (Wildman–Crippen LogP) is 2.51. The lowest BCUT2D eigenvalue weighted by Crippen LogP contribution is -2.35. The molecule has 0 bridgehead atoms. The molecule has 1 fully saturated rings. The van der Waals surface area contributed by atoms with Gasteiger partial charge in [0.25, 0.3) is 5.91 Å². The zero-order valence-electron chi connectivity index (χ0n) is 14.0. The Morgan fingerprint density at radius 1 is 1.48 bits per heavy atom. The highest BCUT2D eigenvalue weighted by Crippen LogP contribution is 2.19. The molecule has 2 aromatic rings. The average Bonchev–Trinajstić information content (AvgIpc) is 3.20. The fourth-order valence-electron chi connectivity index (χ4n) is 3.01. The fourth-order valence-corrected chi connectivity index (χ4v) is 3.01. The van der Waals surface area contributed by atoms with Crippen LogP contribution in [0.2, 0.25) is 0 Å². The minimum absolute atomic E-state index is 0.0334. The number of fused-ring (bicyclic) bond motifs is 1. The number of carbonyl (C=O) groups is 1. The number of hydrogen-bond donors (Lipinski definition) is 0. The Morgan fingerprint density at radius 3 is 2.96 bits per heavy atom. The second kappa shape index (κ2) is 6.66. The summed E-state index contributed by atoms with van der Waals surface area (Å²) in [5, 5.41) is 5.26. The number of amides is 1. The van der Waals surface area contributed by atoms with E-state index in [4.69, 9.17) is 4.74 Å². The van der Waals surface area contributed by atoms with Crippen LogP contribution in [0.4, 0.5) is 0 Å². The molecule has 2 aromatic heterocycles. The van der Waals surface area contributed by atoms with Crippen molar-refractivity contribution in [3.63, 3.8) is 0 Å². The van der Waals surface area contributed by atoms with E-state index in [9.17, 15) is 4.79 Å². The van der Waals surface area contributed by atoms with Crippen LogP contribution in [0.3, 0.4) is 0 Å². The molecule has 6 nitrogen and oxygen atoms in total. The number of carbonyl (C=O) groups excluding carboxylic acids is 1. The van der Waals surface area contributed by atoms with Crippen molar-refractivity contribution < 1.29 is 9.53 Å². The lowest BCUT2D eigenvalue weighted by Gasteiger charge is -2.23. The lowest BCUT2D eigenvalue weighted by molar-refractivity contribution is 0.0730. The summed E-state index contributed by atoms with van der Waals surface area (Å²) in [5.41, 5.74) is 1.45. The lowest BCUT2D eigenvalue weighted by atomic mass is 10.1. The average molecular weight is 316 g/mol. The van der Waals surface area contributed by atoms with Crippen LogP contribution in [0, 0.1) is 5.92 Å². The van der Waals surface area contributed by atoms with Gasteiger partial charge in [0.05, 0.1) is 18.4 Å². The maximum absolute atomic E-state index is 12.8. The molecule has 0 N–H and O–H groups in total. The summed E-state index contributed by atoms with van der Waals surface area (Å²) in [6.07, 6.45) is 4.47. The van der Waals surface area contributed by atoms with Crippen molar-refractivity contribution in [2.75, 3.05) is 26.3 Å². The van der Waals surface area contributed by atoms with Gasteiger partial charge in [-0.2, -0.15) is 5.10 Å². The number of nitrogens with zero attached hydrogens (tertiary/aromatic N) is 4. The van der Waals surface area contributed by atoms with Crippen LogP contribution >= 0.6 is 0 Å². The van der Waals surface area contributed by atoms with Gasteiger partial charge in [0.2, 0.25) is 0 Å². The minimum atomic E-state index is 0.0334. The number of pyridine rings is 1. The molecule has 0 radical (unpaired) electrons. The van der Waals surface area contributed by atoms with Gasteiger partial charge in [0.1, 0.15) is 0 Å². The zero-order valence-corrected chi connectivity index (χ0v) is 14.0. The Hall–Kier alpha value is -1.95. The van der Waals surface area contributed by atoms with Gasteiger partial charge in [0, 0.05) is 43.2 Å². The summed E-state index contributed by atoms with van der Waals surface area (Å²) in [6, 6.07) is 2.14. The van der Waals surface area contributed by atoms with E-state index in [2.05, 4.69) is 23.9 Å². The zero-order chi connectivity index (χ0) is 16.4. The monoisotopic (exact) mass is 316 g/mol. The Labute approximate surface area is 136 Å². The first-order valence-electron chi connectivity index (χ1n) is 8.30. The minimum Gasteiger partial charge on any atom is -0.381 e. The Balaban J connectivity index is 1.81. The fraction of sp³-hybridized carbons (Fsp3) is 0.588. The van der Waals surface area contributed by atoms with Crippen LogP contribution < -0.4 is 0 Å². The molecular weight excluding hydrogens is 292 g/mol. The summed E-state index contributed by atoms with van der Waals surface area (Å²) < 4.78 is 7.28. The van der Waals surface area contributed by atoms with Crippen LogP contribution in [-0.2, 0) is 4.74 Å². The largest absolute Gasteiger partial charge is 0.381 e. The van der Waals surface area contributed by atoms with Crippen molar-refractivity contribution in [2.24, 2.45) is 5.92 Å². The van der Waals surface area contributed by atoms with Crippen molar-refractivity contribution in [2.45, 2.75) is 33.2 Å². The molecule has 23 heavy (non-hydrogen) atoms. The highest BCUT2D eigenvalue weighted by molar-refractivity contribution is 5.96. The van der Waals surface area contributed by atoms with Crippen LogP contribution in [0.5, 0.6) is 0 Å². The summed E-state index contributed by atoms with van der Waals surface area (Å²) >= 11 is 0. The molecule has 6 heteroatoms. The van der Waals surface area contributed by atoms with Gasteiger partial charge in [-0.15, -0.1) is 0 Å². The standard InChI is InChI=1S/C17H24N4O2/c1-4-20(10-13-5-6-23-11-13)17(22)15-7-14-9-19-21(12(2)3)16(14)18-8-15/h7-9,12-13H,4-6,10-11H2,1-3H3. The first-order valence-corrected chi connectivity index (χ1v) is 8.30. The number of aromatic nitrogens is 3. The number of rotatable bonds is 5. The van der Waals surface area contributed by atoms with E-state index in [1.54, 1.807) is 12.4 Å². The second-order valence-electron chi connectivity index (χ2n) is 6.39. The van der Waals surface area contributed by atoms with Gasteiger partial charge < -0.3 is 9.64 Å². The molecule has 1 saturated heterocycles. The van der Waals surface area contributed by atoms with Crippen LogP contribution in [0.25, 0.3) is 11.0 Å². The highest BCUT2D eigenvalue weighted by atomic mass is 16.5. The van der Waals surface area contributed by atoms with Crippen LogP contribution in [0.15, 0.2) is 18.5 Å². The van der Waals surface area contributed by atoms with Gasteiger partial charge in [0.15, 0.2) is 5.65 Å². The quantitative estimate of drug-likeness (QED) is 0.850. The van der Waals surface area contributed by atoms with Crippen LogP contribution in [0.1, 0.15) is 43.6 Å². The van der Waals surface area contributed by atoms with Gasteiger partial charge in [-0.05, 0) is 33.3 Å². The van der Waals surface area contributed by atoms with E-state index >= 15 is 0 Å². The molecule has 1 amide bonds. The van der Waals surface area contributed by atoms with E-state index in [1.807, 2.05) is 22.6 Å². The van der Waals surface area contributed by atoms with Crippen molar-refractivity contribution in [3.8, 4) is 0 Å². The molecule has 1 aliphatic heterocycles. The van der Waals surface area contributed by atoms with Crippen LogP contribution in [-0.4, -0.2) is 51.9 Å².